The molecule has 0 aliphatic carbocycles. The summed E-state index contributed by atoms with van der Waals surface area (Å²) < 4.78 is 15.5. The second kappa shape index (κ2) is 29.4. The first-order valence-corrected chi connectivity index (χ1v) is 23.9. The average molecular weight is 980 g/mol. The maximum atomic E-state index is 13.9. The van der Waals surface area contributed by atoms with Gasteiger partial charge < -0.3 is 64.0 Å². The van der Waals surface area contributed by atoms with Gasteiger partial charge in [0.1, 0.15) is 29.9 Å². The molecular formula is C41H62N11O13PS. The lowest BCUT2D eigenvalue weighted by atomic mass is 10.0. The lowest BCUT2D eigenvalue weighted by Gasteiger charge is -2.25. The molecule has 67 heavy (non-hydrogen) atoms. The first-order valence-electron chi connectivity index (χ1n) is 21.0. The van der Waals surface area contributed by atoms with Crippen molar-refractivity contribution in [3.63, 3.8) is 0 Å². The molecule has 370 valence electrons. The van der Waals surface area contributed by atoms with Crippen molar-refractivity contribution >= 4 is 72.9 Å². The molecule has 2 aromatic rings. The van der Waals surface area contributed by atoms with Crippen LogP contribution in [-0.4, -0.2) is 137 Å². The minimum absolute atomic E-state index is 0.00405. The molecule has 0 saturated heterocycles. The SMILES string of the molecule is CSCC[C@H](NC(=O)[C@H](Cc1ccccc1)NC(=O)CNC(=O)CNC(=O)[C@@H](N)Cc1ccc(OP(=O)(O)O)cc1)C(=O)N[C@@H](CCCN=C(N)N)C(=O)NCC(=O)N[C@@H](CC(C)C)C(=O)O. The van der Waals surface area contributed by atoms with Gasteiger partial charge in [0.2, 0.25) is 41.4 Å². The molecule has 24 nitrogen and oxygen atoms in total. The number of carboxylic acid groups (broad SMARTS) is 1. The van der Waals surface area contributed by atoms with E-state index in [2.05, 4.69) is 46.7 Å². The Morgan fingerprint density at radius 1 is 0.687 bits per heavy atom. The van der Waals surface area contributed by atoms with Gasteiger partial charge in [0.15, 0.2) is 5.96 Å². The third-order valence-corrected chi connectivity index (χ3v) is 10.4. The van der Waals surface area contributed by atoms with Gasteiger partial charge in [0, 0.05) is 13.0 Å². The maximum absolute atomic E-state index is 13.9. The highest BCUT2D eigenvalue weighted by Crippen LogP contribution is 2.37. The lowest BCUT2D eigenvalue weighted by Crippen LogP contribution is -2.58. The Morgan fingerprint density at radius 2 is 1.22 bits per heavy atom. The van der Waals surface area contributed by atoms with E-state index in [0.717, 1.165) is 0 Å². The molecule has 0 aliphatic rings. The van der Waals surface area contributed by atoms with Crippen LogP contribution in [0.3, 0.4) is 0 Å². The van der Waals surface area contributed by atoms with Crippen LogP contribution >= 0.6 is 19.6 Å². The number of nitrogens with two attached hydrogens (primary N) is 3. The highest BCUT2D eigenvalue weighted by molar-refractivity contribution is 7.98. The van der Waals surface area contributed by atoms with Crippen molar-refractivity contribution in [3.8, 4) is 5.75 Å². The normalized spacial score (nSPS) is 13.3. The quantitative estimate of drug-likeness (QED) is 0.0166. The van der Waals surface area contributed by atoms with Gasteiger partial charge in [0.05, 0.1) is 25.7 Å². The number of amides is 7. The molecule has 0 aliphatic heterocycles. The fourth-order valence-corrected chi connectivity index (χ4v) is 6.93. The van der Waals surface area contributed by atoms with Crippen molar-refractivity contribution in [2.24, 2.45) is 28.1 Å². The minimum atomic E-state index is -4.76. The zero-order valence-corrected chi connectivity index (χ0v) is 39.1. The Bertz CT molecular complexity index is 2060. The van der Waals surface area contributed by atoms with Crippen molar-refractivity contribution < 1.29 is 62.3 Å². The largest absolute Gasteiger partial charge is 0.524 e. The lowest BCUT2D eigenvalue weighted by molar-refractivity contribution is -0.142. The third-order valence-electron chi connectivity index (χ3n) is 9.33. The van der Waals surface area contributed by atoms with Crippen LogP contribution in [0.1, 0.15) is 50.7 Å². The number of hydrogen-bond acceptors (Lipinski definition) is 13. The molecule has 0 radical (unpaired) electrons. The number of hydrogen-bond donors (Lipinski definition) is 13. The van der Waals surface area contributed by atoms with E-state index in [9.17, 15) is 48.0 Å². The highest BCUT2D eigenvalue weighted by Gasteiger charge is 2.30. The zero-order valence-electron chi connectivity index (χ0n) is 37.4. The number of benzene rings is 2. The number of carbonyl (C=O) groups excluding carboxylic acids is 7. The number of nitrogens with one attached hydrogen (secondary N) is 7. The van der Waals surface area contributed by atoms with Crippen molar-refractivity contribution in [2.45, 2.75) is 82.6 Å². The first-order chi connectivity index (χ1) is 31.6. The number of carbonyl (C=O) groups is 8. The van der Waals surface area contributed by atoms with E-state index >= 15 is 0 Å². The number of nitrogens with zero attached hydrogens (tertiary/aromatic N) is 1. The fourth-order valence-electron chi connectivity index (χ4n) is 6.06. The first kappa shape index (κ1) is 56.9. The van der Waals surface area contributed by atoms with Gasteiger partial charge in [-0.1, -0.05) is 56.3 Å². The number of guanidine groups is 1. The predicted octanol–water partition coefficient (Wildman–Crippen LogP) is -2.50. The zero-order chi connectivity index (χ0) is 50.1. The molecule has 16 N–H and O–H groups in total. The predicted molar refractivity (Wildman–Crippen MR) is 248 cm³/mol. The van der Waals surface area contributed by atoms with E-state index in [1.54, 1.807) is 50.4 Å². The van der Waals surface area contributed by atoms with Gasteiger partial charge in [-0.2, -0.15) is 11.8 Å². The van der Waals surface area contributed by atoms with Crippen LogP contribution in [0.5, 0.6) is 5.75 Å². The average Bonchev–Trinajstić information content (AvgIpc) is 3.25. The van der Waals surface area contributed by atoms with Crippen molar-refractivity contribution in [3.05, 3.63) is 65.7 Å². The number of aliphatic imine (C=N–C) groups is 1. The maximum Gasteiger partial charge on any atom is 0.524 e. The summed E-state index contributed by atoms with van der Waals surface area (Å²) in [5.74, 6) is -6.53. The molecule has 0 heterocycles. The minimum Gasteiger partial charge on any atom is -0.480 e. The number of carboxylic acids is 1. The van der Waals surface area contributed by atoms with Gasteiger partial charge in [-0.3, -0.25) is 48.3 Å². The molecule has 5 atom stereocenters. The smallest absolute Gasteiger partial charge is 0.480 e. The van der Waals surface area contributed by atoms with E-state index in [0.29, 0.717) is 16.9 Å². The molecule has 7 amide bonds. The van der Waals surface area contributed by atoms with Crippen LogP contribution in [0.15, 0.2) is 59.6 Å². The van der Waals surface area contributed by atoms with Crippen molar-refractivity contribution in [2.75, 3.05) is 38.2 Å². The van der Waals surface area contributed by atoms with Gasteiger partial charge >= 0.3 is 13.8 Å². The number of thioether (sulfide) groups is 1. The Kier molecular flexibility index (Phi) is 24.9. The van der Waals surface area contributed by atoms with Crippen LogP contribution in [0.25, 0.3) is 0 Å². The summed E-state index contributed by atoms with van der Waals surface area (Å²) in [6, 6.07) is 8.06. The Balaban J connectivity index is 2.12. The number of rotatable bonds is 30. The van der Waals surface area contributed by atoms with Crippen LogP contribution < -0.4 is 58.9 Å². The highest BCUT2D eigenvalue weighted by atomic mass is 32.2. The van der Waals surface area contributed by atoms with E-state index in [-0.39, 0.29) is 62.7 Å². The second-order valence-electron chi connectivity index (χ2n) is 15.5. The van der Waals surface area contributed by atoms with Gasteiger partial charge in [0.25, 0.3) is 0 Å². The molecule has 0 spiro atoms. The van der Waals surface area contributed by atoms with Crippen LogP contribution in [0.2, 0.25) is 0 Å². The molecule has 0 fully saturated rings. The summed E-state index contributed by atoms with van der Waals surface area (Å²) in [5.41, 5.74) is 18.0. The monoisotopic (exact) mass is 979 g/mol. The number of phosphoric ester groups is 1. The summed E-state index contributed by atoms with van der Waals surface area (Å²) in [4.78, 5) is 126. The topological polar surface area (TPSA) is 398 Å². The molecule has 2 rings (SSSR count). The summed E-state index contributed by atoms with van der Waals surface area (Å²) in [7, 11) is -4.76. The second-order valence-corrected chi connectivity index (χ2v) is 17.6. The van der Waals surface area contributed by atoms with Crippen LogP contribution in [0, 0.1) is 5.92 Å². The summed E-state index contributed by atoms with van der Waals surface area (Å²) in [6.07, 6.45) is 2.20. The fraction of sp³-hybridized carbons (Fsp3) is 0.488. The van der Waals surface area contributed by atoms with Crippen molar-refractivity contribution in [1.82, 2.24) is 37.2 Å². The summed E-state index contributed by atoms with van der Waals surface area (Å²) >= 11 is 1.38. The molecule has 2 aromatic carbocycles. The number of aliphatic carboxylic acids is 1. The Labute approximate surface area is 391 Å². The molecule has 0 bridgehead atoms. The molecule has 26 heteroatoms. The van der Waals surface area contributed by atoms with Gasteiger partial charge in [-0.25, -0.2) is 9.36 Å². The summed E-state index contributed by atoms with van der Waals surface area (Å²) in [5, 5.41) is 26.9. The van der Waals surface area contributed by atoms with Crippen molar-refractivity contribution in [1.29, 1.82) is 0 Å². The molecule has 0 saturated carbocycles. The van der Waals surface area contributed by atoms with Crippen LogP contribution in [-0.2, 0) is 55.8 Å². The van der Waals surface area contributed by atoms with E-state index in [1.165, 1.54) is 36.0 Å². The van der Waals surface area contributed by atoms with E-state index in [4.69, 9.17) is 27.0 Å². The Morgan fingerprint density at radius 3 is 1.79 bits per heavy atom. The standard InChI is InChI=1S/C41H62N11O13PS/c1-24(2)18-32(40(60)61)50-35(55)23-48-37(57)29(10-7-16-45-41(43)44)51-38(58)30(15-17-67-3)52-39(59)31(20-25-8-5-4-6-9-25)49-34(54)22-46-33(53)21-47-36(56)28(42)19-26-11-13-27(14-12-26)65-66(62,63)64/h4-6,8-9,11-14,24,28-32H,7,10,15-23,42H2,1-3H3,(H,46,53)(H,47,56)(H,48,57)(H,49,54)(H,50,55)(H,51,58)(H,52,59)(H,60,61)(H4,43,44,45)(H2,62,63,64)/t28-,29-,30-,31-,32-/m0/s1. The van der Waals surface area contributed by atoms with E-state index < -0.39 is 105 Å². The molecule has 0 unspecified atom stereocenters. The van der Waals surface area contributed by atoms with Crippen LogP contribution in [0.4, 0.5) is 0 Å². The Hall–Kier alpha value is -6.27. The van der Waals surface area contributed by atoms with E-state index in [1.807, 2.05) is 0 Å². The molecule has 0 aromatic heterocycles. The third kappa shape index (κ3) is 24.2. The van der Waals surface area contributed by atoms with Gasteiger partial charge in [-0.15, -0.1) is 0 Å². The van der Waals surface area contributed by atoms with Gasteiger partial charge in [-0.05, 0) is 73.3 Å². The number of phosphoric acid groups is 1. The molecular weight excluding hydrogens is 918 g/mol. The summed E-state index contributed by atoms with van der Waals surface area (Å²) in [6.45, 7) is 1.90.